The predicted octanol–water partition coefficient (Wildman–Crippen LogP) is 4.85. The van der Waals surface area contributed by atoms with Crippen molar-refractivity contribution in [2.75, 3.05) is 5.32 Å². The molecule has 1 N–H and O–H groups in total. The molecule has 0 aliphatic carbocycles. The molecule has 0 saturated heterocycles. The SMILES string of the molecule is CCc1ccc2occ(CC(=O)Nc3cc([N+](=O)[O-])ccc3Br)c2c1. The third-order valence-electron chi connectivity index (χ3n) is 3.91. The van der Waals surface area contributed by atoms with Crippen LogP contribution in [0.5, 0.6) is 0 Å². The summed E-state index contributed by atoms with van der Waals surface area (Å²) in [6.45, 7) is 2.06. The highest BCUT2D eigenvalue weighted by atomic mass is 79.9. The second-order valence-electron chi connectivity index (χ2n) is 5.59. The zero-order valence-corrected chi connectivity index (χ0v) is 15.0. The number of furan rings is 1. The van der Waals surface area contributed by atoms with Gasteiger partial charge in [0.15, 0.2) is 0 Å². The van der Waals surface area contributed by atoms with Crippen LogP contribution in [0.2, 0.25) is 0 Å². The van der Waals surface area contributed by atoms with Gasteiger partial charge in [0.05, 0.1) is 23.3 Å². The lowest BCUT2D eigenvalue weighted by molar-refractivity contribution is -0.384. The molecule has 0 spiro atoms. The number of nitrogens with zero attached hydrogens (tertiary/aromatic N) is 1. The van der Waals surface area contributed by atoms with Crippen LogP contribution >= 0.6 is 15.9 Å². The fourth-order valence-corrected chi connectivity index (χ4v) is 2.92. The lowest BCUT2D eigenvalue weighted by Crippen LogP contribution is -2.14. The fraction of sp³-hybridized carbons (Fsp3) is 0.167. The van der Waals surface area contributed by atoms with Crippen LogP contribution in [0.25, 0.3) is 11.0 Å². The monoisotopic (exact) mass is 402 g/mol. The number of nitro groups is 1. The Bertz CT molecular complexity index is 965. The van der Waals surface area contributed by atoms with E-state index in [1.807, 2.05) is 18.2 Å². The number of hydrogen-bond acceptors (Lipinski definition) is 4. The molecule has 2 aromatic carbocycles. The highest BCUT2D eigenvalue weighted by Gasteiger charge is 2.14. The summed E-state index contributed by atoms with van der Waals surface area (Å²) in [6, 6.07) is 10.1. The number of non-ortho nitro benzene ring substituents is 1. The number of aryl methyl sites for hydroxylation is 1. The van der Waals surface area contributed by atoms with Crippen LogP contribution < -0.4 is 5.32 Å². The number of benzene rings is 2. The van der Waals surface area contributed by atoms with Crippen LogP contribution in [0.4, 0.5) is 11.4 Å². The third kappa shape index (κ3) is 3.71. The molecule has 1 amide bonds. The molecule has 1 heterocycles. The quantitative estimate of drug-likeness (QED) is 0.488. The summed E-state index contributed by atoms with van der Waals surface area (Å²) in [5.74, 6) is -0.272. The lowest BCUT2D eigenvalue weighted by atomic mass is 10.1. The topological polar surface area (TPSA) is 85.4 Å². The van der Waals surface area contributed by atoms with Gasteiger partial charge >= 0.3 is 0 Å². The summed E-state index contributed by atoms with van der Waals surface area (Å²) in [5.41, 5.74) is 2.96. The lowest BCUT2D eigenvalue weighted by Gasteiger charge is -2.07. The predicted molar refractivity (Wildman–Crippen MR) is 98.7 cm³/mol. The van der Waals surface area contributed by atoms with E-state index in [1.54, 1.807) is 6.26 Å². The third-order valence-corrected chi connectivity index (χ3v) is 4.60. The molecule has 3 rings (SSSR count). The van der Waals surface area contributed by atoms with Crippen molar-refractivity contribution in [3.8, 4) is 0 Å². The van der Waals surface area contributed by atoms with E-state index in [9.17, 15) is 14.9 Å². The molecule has 0 atom stereocenters. The Morgan fingerprint density at radius 2 is 2.08 bits per heavy atom. The molecule has 0 saturated carbocycles. The van der Waals surface area contributed by atoms with Crippen molar-refractivity contribution in [1.82, 2.24) is 0 Å². The number of carbonyl (C=O) groups is 1. The average Bonchev–Trinajstić information content (AvgIpc) is 2.98. The number of nitrogens with one attached hydrogen (secondary N) is 1. The maximum atomic E-state index is 12.4. The minimum absolute atomic E-state index is 0.0835. The van der Waals surface area contributed by atoms with E-state index in [-0.39, 0.29) is 18.0 Å². The van der Waals surface area contributed by atoms with Crippen LogP contribution in [0.15, 0.2) is 51.6 Å². The highest BCUT2D eigenvalue weighted by molar-refractivity contribution is 9.10. The minimum Gasteiger partial charge on any atom is -0.464 e. The van der Waals surface area contributed by atoms with Crippen molar-refractivity contribution >= 4 is 44.2 Å². The summed E-state index contributed by atoms with van der Waals surface area (Å²) < 4.78 is 6.08. The van der Waals surface area contributed by atoms with Gasteiger partial charge in [-0.2, -0.15) is 0 Å². The van der Waals surface area contributed by atoms with Gasteiger partial charge in [-0.3, -0.25) is 14.9 Å². The van der Waals surface area contributed by atoms with Crippen molar-refractivity contribution in [1.29, 1.82) is 0 Å². The Balaban J connectivity index is 1.81. The summed E-state index contributed by atoms with van der Waals surface area (Å²) in [4.78, 5) is 22.7. The smallest absolute Gasteiger partial charge is 0.271 e. The Hall–Kier alpha value is -2.67. The van der Waals surface area contributed by atoms with Crippen LogP contribution in [-0.2, 0) is 17.6 Å². The van der Waals surface area contributed by atoms with Gasteiger partial charge in [0.25, 0.3) is 5.69 Å². The molecular weight excluding hydrogens is 388 g/mol. The number of carbonyl (C=O) groups excluding carboxylic acids is 1. The normalized spacial score (nSPS) is 10.8. The number of fused-ring (bicyclic) bond motifs is 1. The first kappa shape index (κ1) is 17.2. The van der Waals surface area contributed by atoms with Crippen LogP contribution in [0, 0.1) is 10.1 Å². The number of anilines is 1. The summed E-state index contributed by atoms with van der Waals surface area (Å²) in [6.07, 6.45) is 2.59. The minimum atomic E-state index is -0.502. The van der Waals surface area contributed by atoms with Gasteiger partial charge in [-0.25, -0.2) is 0 Å². The molecule has 0 radical (unpaired) electrons. The van der Waals surface area contributed by atoms with E-state index >= 15 is 0 Å². The molecule has 3 aromatic rings. The zero-order chi connectivity index (χ0) is 18.0. The van der Waals surface area contributed by atoms with E-state index in [0.29, 0.717) is 10.2 Å². The molecule has 0 aliphatic rings. The van der Waals surface area contributed by atoms with Crippen LogP contribution in [-0.4, -0.2) is 10.8 Å². The van der Waals surface area contributed by atoms with Crippen LogP contribution in [0.1, 0.15) is 18.1 Å². The molecule has 1 aromatic heterocycles. The molecule has 0 unspecified atom stereocenters. The fourth-order valence-electron chi connectivity index (χ4n) is 2.58. The van der Waals surface area contributed by atoms with Gasteiger partial charge < -0.3 is 9.73 Å². The Kier molecular flexibility index (Phi) is 4.85. The second-order valence-corrected chi connectivity index (χ2v) is 6.45. The second kappa shape index (κ2) is 7.06. The van der Waals surface area contributed by atoms with E-state index in [1.165, 1.54) is 18.2 Å². The Labute approximate surface area is 152 Å². The van der Waals surface area contributed by atoms with Crippen molar-refractivity contribution in [3.05, 3.63) is 68.4 Å². The number of halogens is 1. The maximum absolute atomic E-state index is 12.4. The molecule has 0 fully saturated rings. The van der Waals surface area contributed by atoms with Gasteiger partial charge in [0.2, 0.25) is 5.91 Å². The molecule has 0 aliphatic heterocycles. The molecule has 128 valence electrons. The molecular formula is C18H15BrN2O4. The van der Waals surface area contributed by atoms with Gasteiger partial charge in [-0.1, -0.05) is 13.0 Å². The van der Waals surface area contributed by atoms with Crippen LogP contribution in [0.3, 0.4) is 0 Å². The summed E-state index contributed by atoms with van der Waals surface area (Å²) in [7, 11) is 0. The molecule has 6 nitrogen and oxygen atoms in total. The molecule has 0 bridgehead atoms. The summed E-state index contributed by atoms with van der Waals surface area (Å²) >= 11 is 3.29. The van der Waals surface area contributed by atoms with Gasteiger partial charge in [-0.15, -0.1) is 0 Å². The first-order valence-electron chi connectivity index (χ1n) is 7.70. The van der Waals surface area contributed by atoms with Gasteiger partial charge in [0, 0.05) is 27.6 Å². The number of hydrogen-bond donors (Lipinski definition) is 1. The number of amides is 1. The highest BCUT2D eigenvalue weighted by Crippen LogP contribution is 2.28. The largest absolute Gasteiger partial charge is 0.464 e. The number of nitro benzene ring substituents is 1. The summed E-state index contributed by atoms with van der Waals surface area (Å²) in [5, 5.41) is 14.5. The van der Waals surface area contributed by atoms with E-state index < -0.39 is 4.92 Å². The molecule has 25 heavy (non-hydrogen) atoms. The standard InChI is InChI=1S/C18H15BrN2O4/c1-2-11-3-6-17-14(7-11)12(10-25-17)8-18(22)20-16-9-13(21(23)24)4-5-15(16)19/h3-7,9-10H,2,8H2,1H3,(H,20,22). The van der Waals surface area contributed by atoms with Crippen molar-refractivity contribution < 1.29 is 14.1 Å². The number of rotatable bonds is 5. The van der Waals surface area contributed by atoms with E-state index in [4.69, 9.17) is 4.42 Å². The Morgan fingerprint density at radius 1 is 1.28 bits per heavy atom. The Morgan fingerprint density at radius 3 is 2.80 bits per heavy atom. The van der Waals surface area contributed by atoms with Gasteiger partial charge in [-0.05, 0) is 46.1 Å². The first-order valence-corrected chi connectivity index (χ1v) is 8.50. The van der Waals surface area contributed by atoms with Crippen molar-refractivity contribution in [3.63, 3.8) is 0 Å². The van der Waals surface area contributed by atoms with Crippen molar-refractivity contribution in [2.24, 2.45) is 0 Å². The van der Waals surface area contributed by atoms with Crippen molar-refractivity contribution in [2.45, 2.75) is 19.8 Å². The van der Waals surface area contributed by atoms with E-state index in [0.717, 1.165) is 28.5 Å². The van der Waals surface area contributed by atoms with Gasteiger partial charge in [0.1, 0.15) is 5.58 Å². The maximum Gasteiger partial charge on any atom is 0.271 e. The average molecular weight is 403 g/mol. The first-order chi connectivity index (χ1) is 12.0. The van der Waals surface area contributed by atoms with E-state index in [2.05, 4.69) is 28.2 Å². The zero-order valence-electron chi connectivity index (χ0n) is 13.4. The molecule has 7 heteroatoms.